The number of esters is 1. The molecule has 1 atom stereocenters. The number of benzene rings is 1. The Hall–Kier alpha value is -1.69. The van der Waals surface area contributed by atoms with Crippen LogP contribution in [0.25, 0.3) is 0 Å². The highest BCUT2D eigenvalue weighted by Gasteiger charge is 2.52. The number of anilines is 1. The molecule has 0 bridgehead atoms. The maximum Gasteiger partial charge on any atom is 0.318 e. The number of hydrogen-bond acceptors (Lipinski definition) is 4. The van der Waals surface area contributed by atoms with Crippen molar-refractivity contribution < 1.29 is 19.1 Å². The molecule has 0 saturated carbocycles. The number of ketones is 1. The van der Waals surface area contributed by atoms with Gasteiger partial charge in [-0.3, -0.25) is 14.4 Å². The van der Waals surface area contributed by atoms with Gasteiger partial charge >= 0.3 is 5.97 Å². The van der Waals surface area contributed by atoms with E-state index in [2.05, 4.69) is 21.2 Å². The molecule has 1 aromatic rings. The van der Waals surface area contributed by atoms with E-state index in [4.69, 9.17) is 4.74 Å². The number of ether oxygens (including phenoxy) is 1. The Morgan fingerprint density at radius 3 is 2.71 bits per heavy atom. The number of rotatable bonds is 5. The average Bonchev–Trinajstić information content (AvgIpc) is 2.50. The summed E-state index contributed by atoms with van der Waals surface area (Å²) in [5.41, 5.74) is -0.931. The second kappa shape index (κ2) is 6.39. The molecule has 5 nitrogen and oxygen atoms in total. The first kappa shape index (κ1) is 15.7. The Morgan fingerprint density at radius 2 is 2.05 bits per heavy atom. The van der Waals surface area contributed by atoms with Gasteiger partial charge in [0.25, 0.3) is 11.5 Å². The van der Waals surface area contributed by atoms with E-state index in [0.29, 0.717) is 17.7 Å². The molecule has 0 fully saturated rings. The molecule has 0 spiro atoms. The lowest BCUT2D eigenvalue weighted by atomic mass is 9.83. The highest BCUT2D eigenvalue weighted by atomic mass is 79.9. The molecule has 1 heterocycles. The Bertz CT molecular complexity index is 587. The fourth-order valence-electron chi connectivity index (χ4n) is 2.35. The molecule has 6 heteroatoms. The van der Waals surface area contributed by atoms with Crippen molar-refractivity contribution in [2.45, 2.75) is 31.8 Å². The molecule has 1 unspecified atom stereocenters. The fraction of sp³-hybridized carbons (Fsp3) is 0.400. The molecule has 1 aromatic carbocycles. The molecule has 0 aromatic heterocycles. The second-order valence-electron chi connectivity index (χ2n) is 4.87. The van der Waals surface area contributed by atoms with E-state index in [9.17, 15) is 14.4 Å². The predicted molar refractivity (Wildman–Crippen MR) is 81.5 cm³/mol. The van der Waals surface area contributed by atoms with Crippen LogP contribution in [0.4, 0.5) is 5.69 Å². The molecule has 1 aliphatic heterocycles. The number of amides is 1. The second-order valence-corrected chi connectivity index (χ2v) is 5.43. The Balaban J connectivity index is 2.45. The summed E-state index contributed by atoms with van der Waals surface area (Å²) in [4.78, 5) is 36.8. The van der Waals surface area contributed by atoms with Crippen LogP contribution >= 0.6 is 15.9 Å². The summed E-state index contributed by atoms with van der Waals surface area (Å²) in [6.45, 7) is 1.94. The minimum Gasteiger partial charge on any atom is -0.440 e. The van der Waals surface area contributed by atoms with Crippen molar-refractivity contribution in [2.75, 3.05) is 10.6 Å². The van der Waals surface area contributed by atoms with Gasteiger partial charge < -0.3 is 10.1 Å². The molecule has 0 saturated heterocycles. The largest absolute Gasteiger partial charge is 0.440 e. The minimum atomic E-state index is -1.75. The van der Waals surface area contributed by atoms with Gasteiger partial charge in [0.2, 0.25) is 5.78 Å². The van der Waals surface area contributed by atoms with Crippen LogP contribution in [-0.4, -0.2) is 28.6 Å². The lowest BCUT2D eigenvalue weighted by Crippen LogP contribution is -2.56. The summed E-state index contributed by atoms with van der Waals surface area (Å²) in [6.07, 6.45) is 1.58. The molecule has 1 amide bonds. The number of fused-ring (bicyclic) bond motifs is 1. The molecule has 112 valence electrons. The number of carbonyl (C=O) groups excluding carboxylic acids is 3. The quantitative estimate of drug-likeness (QED) is 0.501. The summed E-state index contributed by atoms with van der Waals surface area (Å²) < 4.78 is 5.26. The summed E-state index contributed by atoms with van der Waals surface area (Å²) in [7, 11) is 0. The van der Waals surface area contributed by atoms with Gasteiger partial charge in [0.15, 0.2) is 0 Å². The number of unbranched alkanes of at least 4 members (excludes halogenated alkanes) is 1. The highest BCUT2D eigenvalue weighted by molar-refractivity contribution is 9.09. The first-order valence-corrected chi connectivity index (χ1v) is 7.90. The Labute approximate surface area is 131 Å². The maximum absolute atomic E-state index is 12.8. The number of hydrogen-bond donors (Lipinski definition) is 1. The van der Waals surface area contributed by atoms with Gasteiger partial charge in [0, 0.05) is 12.0 Å². The van der Waals surface area contributed by atoms with E-state index >= 15 is 0 Å². The number of halogens is 1. The molecular formula is C15H16BrNO4. The summed E-state index contributed by atoms with van der Waals surface area (Å²) in [5.74, 6) is -1.66. The number of alkyl halides is 1. The smallest absolute Gasteiger partial charge is 0.318 e. The van der Waals surface area contributed by atoms with Gasteiger partial charge in [-0.15, -0.1) is 0 Å². The van der Waals surface area contributed by atoms with Gasteiger partial charge in [-0.05, 0) is 18.6 Å². The third-order valence-corrected chi connectivity index (χ3v) is 3.89. The van der Waals surface area contributed by atoms with Crippen molar-refractivity contribution in [1.82, 2.24) is 0 Å². The van der Waals surface area contributed by atoms with Crippen LogP contribution in [0.1, 0.15) is 36.5 Å². The maximum atomic E-state index is 12.8. The zero-order valence-corrected chi connectivity index (χ0v) is 13.2. The van der Waals surface area contributed by atoms with Crippen molar-refractivity contribution in [3.63, 3.8) is 0 Å². The van der Waals surface area contributed by atoms with E-state index in [1.807, 2.05) is 6.92 Å². The van der Waals surface area contributed by atoms with E-state index in [1.54, 1.807) is 24.3 Å². The van der Waals surface area contributed by atoms with E-state index in [-0.39, 0.29) is 11.8 Å². The van der Waals surface area contributed by atoms with Crippen molar-refractivity contribution in [3.05, 3.63) is 29.8 Å². The summed E-state index contributed by atoms with van der Waals surface area (Å²) >= 11 is 2.99. The molecule has 21 heavy (non-hydrogen) atoms. The Kier molecular flexibility index (Phi) is 4.77. The monoisotopic (exact) mass is 353 g/mol. The lowest BCUT2D eigenvalue weighted by Gasteiger charge is -2.34. The third-order valence-electron chi connectivity index (χ3n) is 3.43. The molecule has 2 rings (SSSR count). The van der Waals surface area contributed by atoms with Crippen LogP contribution in [0.15, 0.2) is 24.3 Å². The first-order valence-electron chi connectivity index (χ1n) is 6.78. The Morgan fingerprint density at radius 1 is 1.33 bits per heavy atom. The van der Waals surface area contributed by atoms with Crippen LogP contribution in [0, 0.1) is 0 Å². The number of carbonyl (C=O) groups is 3. The van der Waals surface area contributed by atoms with Gasteiger partial charge in [0.05, 0.1) is 5.69 Å². The van der Waals surface area contributed by atoms with Gasteiger partial charge in [0.1, 0.15) is 5.33 Å². The molecule has 0 aliphatic carbocycles. The molecule has 1 N–H and O–H groups in total. The zero-order valence-electron chi connectivity index (χ0n) is 11.6. The van der Waals surface area contributed by atoms with E-state index < -0.39 is 23.3 Å². The van der Waals surface area contributed by atoms with Gasteiger partial charge in [-0.1, -0.05) is 41.4 Å². The molecule has 1 aliphatic rings. The van der Waals surface area contributed by atoms with Crippen LogP contribution in [0.2, 0.25) is 0 Å². The van der Waals surface area contributed by atoms with Crippen molar-refractivity contribution in [1.29, 1.82) is 0 Å². The fourth-order valence-corrected chi connectivity index (χ4v) is 2.47. The number of para-hydroxylation sites is 1. The summed E-state index contributed by atoms with van der Waals surface area (Å²) in [5, 5.41) is 2.60. The zero-order chi connectivity index (χ0) is 15.5. The van der Waals surface area contributed by atoms with Crippen LogP contribution < -0.4 is 5.32 Å². The van der Waals surface area contributed by atoms with Crippen LogP contribution in [0.5, 0.6) is 0 Å². The van der Waals surface area contributed by atoms with Gasteiger partial charge in [-0.2, -0.15) is 0 Å². The van der Waals surface area contributed by atoms with E-state index in [1.165, 1.54) is 0 Å². The number of Topliss-reactive ketones (excluding diaryl/α,β-unsaturated/α-hetero) is 1. The lowest BCUT2D eigenvalue weighted by molar-refractivity contribution is -0.159. The number of nitrogens with one attached hydrogen (secondary N) is 1. The topological polar surface area (TPSA) is 72.5 Å². The third kappa shape index (κ3) is 2.85. The molecular weight excluding hydrogens is 338 g/mol. The van der Waals surface area contributed by atoms with Crippen molar-refractivity contribution >= 4 is 39.3 Å². The average molecular weight is 354 g/mol. The van der Waals surface area contributed by atoms with Crippen molar-refractivity contribution in [2.24, 2.45) is 0 Å². The minimum absolute atomic E-state index is 0.0664. The van der Waals surface area contributed by atoms with Crippen molar-refractivity contribution in [3.8, 4) is 0 Å². The normalized spacial score (nSPS) is 20.7. The van der Waals surface area contributed by atoms with Gasteiger partial charge in [-0.25, -0.2) is 0 Å². The van der Waals surface area contributed by atoms with Crippen LogP contribution in [-0.2, 0) is 14.3 Å². The van der Waals surface area contributed by atoms with Crippen LogP contribution in [0.3, 0.4) is 0 Å². The SMILES string of the molecule is CCCCC1(OC(=O)CBr)C(=O)Nc2ccccc2C1=O. The predicted octanol–water partition coefficient (Wildman–Crippen LogP) is 2.69. The molecule has 0 radical (unpaired) electrons. The summed E-state index contributed by atoms with van der Waals surface area (Å²) in [6, 6.07) is 6.72. The first-order chi connectivity index (χ1) is 10.0. The standard InChI is InChI=1S/C15H16BrNO4/c1-2-3-8-15(21-12(18)9-16)13(19)10-6-4-5-7-11(10)17-14(15)20/h4-7H,2-3,8-9H2,1H3,(H,17,20). The van der Waals surface area contributed by atoms with E-state index in [0.717, 1.165) is 6.42 Å². The highest BCUT2D eigenvalue weighted by Crippen LogP contribution is 2.34.